The first-order valence-corrected chi connectivity index (χ1v) is 7.50. The zero-order chi connectivity index (χ0) is 22.2. The zero-order valence-corrected chi connectivity index (χ0v) is 14.3. The molecule has 0 saturated carbocycles. The van der Waals surface area contributed by atoms with E-state index in [4.69, 9.17) is 20.9 Å². The second kappa shape index (κ2) is 9.65. The molecule has 29 heavy (non-hydrogen) atoms. The van der Waals surface area contributed by atoms with Crippen LogP contribution in [0, 0.1) is 11.3 Å². The Morgan fingerprint density at radius 1 is 1.10 bits per heavy atom. The van der Waals surface area contributed by atoms with Crippen molar-refractivity contribution >= 4 is 17.3 Å². The largest absolute Gasteiger partial charge is 0.573 e. The summed E-state index contributed by atoms with van der Waals surface area (Å²) in [6.07, 6.45) is -9.99. The molecule has 3 N–H and O–H groups in total. The van der Waals surface area contributed by atoms with Crippen LogP contribution in [0.4, 0.5) is 37.7 Å². The van der Waals surface area contributed by atoms with Gasteiger partial charge in [0.1, 0.15) is 17.8 Å². The molecule has 2 aromatic rings. The van der Waals surface area contributed by atoms with E-state index >= 15 is 0 Å². The van der Waals surface area contributed by atoms with Crippen molar-refractivity contribution in [1.29, 1.82) is 5.26 Å². The van der Waals surface area contributed by atoms with Crippen LogP contribution in [0.3, 0.4) is 0 Å². The van der Waals surface area contributed by atoms with Gasteiger partial charge < -0.3 is 25.7 Å². The number of nitrogens with zero attached hydrogens (tertiary/aromatic N) is 1. The van der Waals surface area contributed by atoms with Crippen molar-refractivity contribution in [2.45, 2.75) is 19.1 Å². The number of nitrogens with one attached hydrogen (secondary N) is 1. The zero-order valence-electron chi connectivity index (χ0n) is 14.3. The number of rotatable bonds is 4. The van der Waals surface area contributed by atoms with E-state index in [0.29, 0.717) is 17.9 Å². The van der Waals surface area contributed by atoms with Crippen molar-refractivity contribution in [2.75, 3.05) is 5.32 Å². The van der Waals surface area contributed by atoms with Gasteiger partial charge in [-0.25, -0.2) is 0 Å². The molecule has 0 spiro atoms. The number of halogens is 6. The van der Waals surface area contributed by atoms with Crippen LogP contribution in [0.2, 0.25) is 0 Å². The molecule has 0 radical (unpaired) electrons. The molecule has 0 amide bonds. The highest BCUT2D eigenvalue weighted by Gasteiger charge is 2.31. The van der Waals surface area contributed by atoms with Crippen molar-refractivity contribution in [3.8, 4) is 11.8 Å². The van der Waals surface area contributed by atoms with Gasteiger partial charge in [0, 0.05) is 18.3 Å². The van der Waals surface area contributed by atoms with E-state index in [1.165, 1.54) is 6.07 Å². The maximum atomic E-state index is 12.2. The monoisotopic (exact) mass is 420 g/mol. The number of alkyl halides is 6. The van der Waals surface area contributed by atoms with Gasteiger partial charge in [-0.1, -0.05) is 12.1 Å². The van der Waals surface area contributed by atoms with Gasteiger partial charge in [-0.3, -0.25) is 0 Å². The first-order chi connectivity index (χ1) is 13.4. The second-order valence-electron chi connectivity index (χ2n) is 5.18. The highest BCUT2D eigenvalue weighted by Crippen LogP contribution is 2.28. The Morgan fingerprint density at radius 3 is 2.07 bits per heavy atom. The Bertz CT molecular complexity index is 874. The molecule has 2 aromatic carbocycles. The summed E-state index contributed by atoms with van der Waals surface area (Å²) in [5, 5.41) is 20.8. The Balaban J connectivity index is 0.000000516. The van der Waals surface area contributed by atoms with E-state index in [1.807, 2.05) is 18.2 Å². The number of carboxylic acid groups (broad SMARTS) is 1. The lowest BCUT2D eigenvalue weighted by atomic mass is 10.1. The second-order valence-corrected chi connectivity index (χ2v) is 5.18. The highest BCUT2D eigenvalue weighted by atomic mass is 19.4. The number of anilines is 2. The number of hydrogen-bond acceptors (Lipinski definition) is 6. The molecule has 0 bridgehead atoms. The van der Waals surface area contributed by atoms with Crippen LogP contribution in [0.25, 0.3) is 0 Å². The van der Waals surface area contributed by atoms with Gasteiger partial charge in [0.05, 0.1) is 11.3 Å². The fraction of sp³-hybridized carbons (Fsp3) is 0.176. The molecular formula is C17H12F6N3O3-. The maximum Gasteiger partial charge on any atom is 0.573 e. The third-order valence-electron chi connectivity index (χ3n) is 3.05. The van der Waals surface area contributed by atoms with E-state index < -0.39 is 24.3 Å². The number of hydrogen-bond donors (Lipinski definition) is 2. The third-order valence-corrected chi connectivity index (χ3v) is 3.05. The number of carboxylic acids is 1. The Hall–Kier alpha value is -3.46. The van der Waals surface area contributed by atoms with Crippen LogP contribution in [-0.4, -0.2) is 18.5 Å². The smallest absolute Gasteiger partial charge is 0.542 e. The van der Waals surface area contributed by atoms with E-state index in [2.05, 4.69) is 10.1 Å². The van der Waals surface area contributed by atoms with Crippen LogP contribution >= 0.6 is 0 Å². The predicted molar refractivity (Wildman–Crippen MR) is 86.5 cm³/mol. The van der Waals surface area contributed by atoms with E-state index in [0.717, 1.165) is 17.7 Å². The standard InChI is InChI=1S/C15H12F3N3O.C2HF3O2/c16-15(17,18)22-13-5-6-14(11(7-13)9-20)21-12-3-1-10(8-19)2-4-12;3-2(4,5)1(6)7/h1-7,21H,8,19H2;(H,6,7)/p-1. The quantitative estimate of drug-likeness (QED) is 0.736. The SMILES string of the molecule is N#Cc1cc(OC(F)(F)F)ccc1Nc1ccc(CN)cc1.O=C([O-])C(F)(F)F. The lowest BCUT2D eigenvalue weighted by molar-refractivity contribution is -0.344. The maximum absolute atomic E-state index is 12.2. The van der Waals surface area contributed by atoms with Gasteiger partial charge in [0.15, 0.2) is 0 Å². The summed E-state index contributed by atoms with van der Waals surface area (Å²) in [5.41, 5.74) is 7.57. The van der Waals surface area contributed by atoms with E-state index in [1.54, 1.807) is 12.1 Å². The summed E-state index contributed by atoms with van der Waals surface area (Å²) in [6.45, 7) is 0.410. The fourth-order valence-corrected chi connectivity index (χ4v) is 1.80. The highest BCUT2D eigenvalue weighted by molar-refractivity contribution is 5.70. The number of nitrogens with two attached hydrogens (primary N) is 1. The van der Waals surface area contributed by atoms with E-state index in [9.17, 15) is 26.3 Å². The molecular weight excluding hydrogens is 408 g/mol. The molecule has 12 heteroatoms. The van der Waals surface area contributed by atoms with Gasteiger partial charge in [-0.2, -0.15) is 18.4 Å². The number of aliphatic carboxylic acids is 1. The van der Waals surface area contributed by atoms with Crippen molar-refractivity contribution in [3.63, 3.8) is 0 Å². The molecule has 0 heterocycles. The average molecular weight is 420 g/mol. The predicted octanol–water partition coefficient (Wildman–Crippen LogP) is 2.96. The first-order valence-electron chi connectivity index (χ1n) is 7.50. The Morgan fingerprint density at radius 2 is 1.66 bits per heavy atom. The van der Waals surface area contributed by atoms with Gasteiger partial charge >= 0.3 is 12.5 Å². The van der Waals surface area contributed by atoms with Crippen LogP contribution in [0.5, 0.6) is 5.75 Å². The summed E-state index contributed by atoms with van der Waals surface area (Å²) in [5.74, 6) is -3.44. The Kier molecular flexibility index (Phi) is 7.85. The molecule has 0 aliphatic carbocycles. The van der Waals surface area contributed by atoms with Crippen molar-refractivity contribution in [1.82, 2.24) is 0 Å². The molecule has 0 aromatic heterocycles. The molecule has 6 nitrogen and oxygen atoms in total. The minimum Gasteiger partial charge on any atom is -0.542 e. The third kappa shape index (κ3) is 8.39. The Labute approximate surface area is 160 Å². The van der Waals surface area contributed by atoms with Crippen LogP contribution < -0.4 is 20.9 Å². The number of carbonyl (C=O) groups is 1. The van der Waals surface area contributed by atoms with Crippen LogP contribution in [-0.2, 0) is 11.3 Å². The minimum absolute atomic E-state index is 0.0460. The number of carbonyl (C=O) groups excluding carboxylic acids is 1. The van der Waals surface area contributed by atoms with Gasteiger partial charge in [-0.15, -0.1) is 13.2 Å². The summed E-state index contributed by atoms with van der Waals surface area (Å²) in [4.78, 5) is 8.78. The summed E-state index contributed by atoms with van der Waals surface area (Å²) in [6, 6.07) is 12.5. The van der Waals surface area contributed by atoms with Crippen molar-refractivity contribution in [2.24, 2.45) is 5.73 Å². The topological polar surface area (TPSA) is 111 Å². The molecule has 0 unspecified atom stereocenters. The number of ether oxygens (including phenoxy) is 1. The number of nitriles is 1. The molecule has 0 aliphatic heterocycles. The molecule has 156 valence electrons. The van der Waals surface area contributed by atoms with E-state index in [-0.39, 0.29) is 5.56 Å². The lowest BCUT2D eigenvalue weighted by Crippen LogP contribution is -2.37. The summed E-state index contributed by atoms with van der Waals surface area (Å²) in [7, 11) is 0. The average Bonchev–Trinajstić information content (AvgIpc) is 2.62. The fourth-order valence-electron chi connectivity index (χ4n) is 1.80. The summed E-state index contributed by atoms with van der Waals surface area (Å²) < 4.78 is 71.8. The molecule has 2 rings (SSSR count). The number of benzene rings is 2. The molecule has 0 saturated heterocycles. The van der Waals surface area contributed by atoms with Gasteiger partial charge in [0.2, 0.25) is 0 Å². The van der Waals surface area contributed by atoms with Crippen LogP contribution in [0.15, 0.2) is 42.5 Å². The minimum atomic E-state index is -5.19. The molecule has 0 atom stereocenters. The lowest BCUT2D eigenvalue weighted by Gasteiger charge is -2.12. The first kappa shape index (κ1) is 23.6. The van der Waals surface area contributed by atoms with Crippen molar-refractivity contribution in [3.05, 3.63) is 53.6 Å². The van der Waals surface area contributed by atoms with Gasteiger partial charge in [-0.05, 0) is 29.8 Å². The molecule has 0 fully saturated rings. The van der Waals surface area contributed by atoms with Crippen molar-refractivity contribution < 1.29 is 41.0 Å². The molecule has 0 aliphatic rings. The summed E-state index contributed by atoms with van der Waals surface area (Å²) >= 11 is 0. The normalized spacial score (nSPS) is 11.0. The van der Waals surface area contributed by atoms with Gasteiger partial charge in [0.25, 0.3) is 0 Å². The van der Waals surface area contributed by atoms with Crippen LogP contribution in [0.1, 0.15) is 11.1 Å².